The van der Waals surface area contributed by atoms with Gasteiger partial charge in [0.2, 0.25) is 0 Å². The average Bonchev–Trinajstić information content (AvgIpc) is 2.87. The first-order valence-electron chi connectivity index (χ1n) is 11.0. The van der Waals surface area contributed by atoms with E-state index in [-0.39, 0.29) is 11.9 Å². The Hall–Kier alpha value is -3.50. The van der Waals surface area contributed by atoms with Crippen molar-refractivity contribution >= 4 is 17.7 Å². The van der Waals surface area contributed by atoms with Crippen LogP contribution in [-0.4, -0.2) is 18.3 Å². The van der Waals surface area contributed by atoms with Gasteiger partial charge in [0.15, 0.2) is 0 Å². The minimum Gasteiger partial charge on any atom is -0.493 e. The highest BCUT2D eigenvalue weighted by atomic mass is 32.2. The van der Waals surface area contributed by atoms with E-state index in [0.717, 1.165) is 22.6 Å². The zero-order valence-corrected chi connectivity index (χ0v) is 19.4. The number of rotatable bonds is 9. The van der Waals surface area contributed by atoms with Crippen LogP contribution in [0.3, 0.4) is 0 Å². The van der Waals surface area contributed by atoms with Crippen LogP contribution < -0.4 is 10.1 Å². The number of ether oxygens (including phenoxy) is 1. The quantitative estimate of drug-likeness (QED) is 0.227. The molecule has 0 heterocycles. The zero-order valence-electron chi connectivity index (χ0n) is 18.6. The van der Waals surface area contributed by atoms with Gasteiger partial charge in [-0.15, -0.1) is 11.8 Å². The highest BCUT2D eigenvalue weighted by molar-refractivity contribution is 7.99. The first-order valence-corrected chi connectivity index (χ1v) is 12.0. The molecule has 0 spiro atoms. The van der Waals surface area contributed by atoms with E-state index in [0.29, 0.717) is 12.2 Å². The molecule has 1 N–H and O–H groups in total. The molecule has 4 aromatic carbocycles. The van der Waals surface area contributed by atoms with Crippen molar-refractivity contribution in [1.29, 1.82) is 0 Å². The molecular weight excluding hydrogens is 426 g/mol. The minimum absolute atomic E-state index is 0.115. The molecule has 0 saturated carbocycles. The first kappa shape index (κ1) is 22.7. The number of benzene rings is 4. The monoisotopic (exact) mass is 453 g/mol. The second-order valence-electron chi connectivity index (χ2n) is 7.76. The van der Waals surface area contributed by atoms with E-state index in [1.165, 1.54) is 10.5 Å². The maximum absolute atomic E-state index is 13.0. The normalized spacial score (nSPS) is 11.5. The highest BCUT2D eigenvalue weighted by Gasteiger charge is 2.17. The van der Waals surface area contributed by atoms with E-state index in [1.54, 1.807) is 11.8 Å². The molecule has 0 aliphatic rings. The second kappa shape index (κ2) is 11.4. The van der Waals surface area contributed by atoms with Gasteiger partial charge in [0.05, 0.1) is 12.6 Å². The number of carbonyl (C=O) groups excluding carboxylic acids is 1. The van der Waals surface area contributed by atoms with E-state index in [9.17, 15) is 4.79 Å². The molecule has 1 unspecified atom stereocenters. The number of amides is 1. The number of thioether (sulfide) groups is 1. The summed E-state index contributed by atoms with van der Waals surface area (Å²) in [5.41, 5.74) is 3.89. The molecule has 4 rings (SSSR count). The number of aryl methyl sites for hydroxylation is 1. The summed E-state index contributed by atoms with van der Waals surface area (Å²) in [6.07, 6.45) is 0. The molecule has 0 aliphatic carbocycles. The lowest BCUT2D eigenvalue weighted by Crippen LogP contribution is -2.29. The fourth-order valence-corrected chi connectivity index (χ4v) is 4.27. The molecule has 0 aliphatic heterocycles. The third-order valence-electron chi connectivity index (χ3n) is 5.30. The number of hydrogen-bond acceptors (Lipinski definition) is 3. The lowest BCUT2D eigenvalue weighted by molar-refractivity contribution is 0.0943. The van der Waals surface area contributed by atoms with E-state index in [1.807, 2.05) is 72.8 Å². The van der Waals surface area contributed by atoms with Crippen molar-refractivity contribution in [3.63, 3.8) is 0 Å². The Morgan fingerprint density at radius 3 is 2.06 bits per heavy atom. The van der Waals surface area contributed by atoms with Gasteiger partial charge >= 0.3 is 0 Å². The molecule has 0 bridgehead atoms. The smallest absolute Gasteiger partial charge is 0.252 e. The van der Waals surface area contributed by atoms with Gasteiger partial charge in [-0.3, -0.25) is 4.79 Å². The predicted molar refractivity (Wildman–Crippen MR) is 136 cm³/mol. The summed E-state index contributed by atoms with van der Waals surface area (Å²) < 4.78 is 5.84. The highest BCUT2D eigenvalue weighted by Crippen LogP contribution is 2.24. The molecule has 1 atom stereocenters. The fourth-order valence-electron chi connectivity index (χ4n) is 3.52. The zero-order chi connectivity index (χ0) is 22.9. The van der Waals surface area contributed by atoms with Crippen LogP contribution in [0.25, 0.3) is 0 Å². The van der Waals surface area contributed by atoms with Crippen LogP contribution in [-0.2, 0) is 0 Å². The van der Waals surface area contributed by atoms with Crippen LogP contribution >= 0.6 is 11.8 Å². The van der Waals surface area contributed by atoms with E-state index >= 15 is 0 Å². The van der Waals surface area contributed by atoms with Crippen LogP contribution in [0.5, 0.6) is 5.75 Å². The number of nitrogens with one attached hydrogen (secondary N) is 1. The fraction of sp³-hybridized carbons (Fsp3) is 0.138. The second-order valence-corrected chi connectivity index (χ2v) is 8.93. The van der Waals surface area contributed by atoms with Crippen molar-refractivity contribution in [3.8, 4) is 5.75 Å². The van der Waals surface area contributed by atoms with Crippen molar-refractivity contribution in [2.24, 2.45) is 0 Å². The summed E-state index contributed by atoms with van der Waals surface area (Å²) in [6.45, 7) is 2.67. The van der Waals surface area contributed by atoms with Gasteiger partial charge in [0.25, 0.3) is 5.91 Å². The molecule has 1 amide bonds. The topological polar surface area (TPSA) is 38.3 Å². The molecule has 4 heteroatoms. The van der Waals surface area contributed by atoms with Crippen molar-refractivity contribution in [2.75, 3.05) is 12.4 Å². The summed E-state index contributed by atoms with van der Waals surface area (Å²) in [4.78, 5) is 14.3. The maximum atomic E-state index is 13.0. The Labute approximate surface area is 199 Å². The Kier molecular flexibility index (Phi) is 7.83. The summed E-state index contributed by atoms with van der Waals surface area (Å²) in [6, 6.07) is 35.7. The Bertz CT molecular complexity index is 1140. The van der Waals surface area contributed by atoms with Gasteiger partial charge in [-0.25, -0.2) is 0 Å². The Morgan fingerprint density at radius 1 is 0.788 bits per heavy atom. The lowest BCUT2D eigenvalue weighted by atomic mass is 9.97. The molecule has 3 nitrogen and oxygen atoms in total. The van der Waals surface area contributed by atoms with Gasteiger partial charge in [-0.2, -0.15) is 0 Å². The van der Waals surface area contributed by atoms with Crippen molar-refractivity contribution < 1.29 is 9.53 Å². The van der Waals surface area contributed by atoms with E-state index < -0.39 is 0 Å². The number of hydrogen-bond donors (Lipinski definition) is 1. The SMILES string of the molecule is Cc1ccc(C(NC(=O)c2ccc(OCCSc3ccccc3)cc2)c2ccccc2)cc1. The van der Waals surface area contributed by atoms with E-state index in [2.05, 4.69) is 48.6 Å². The standard InChI is InChI=1S/C29H27NO2S/c1-22-12-14-24(15-13-22)28(23-8-4-2-5-9-23)30-29(31)25-16-18-26(19-17-25)32-20-21-33-27-10-6-3-7-11-27/h2-19,28H,20-21H2,1H3,(H,30,31). The van der Waals surface area contributed by atoms with Gasteiger partial charge in [-0.05, 0) is 54.4 Å². The van der Waals surface area contributed by atoms with Crippen LogP contribution in [0.2, 0.25) is 0 Å². The predicted octanol–water partition coefficient (Wildman–Crippen LogP) is 6.69. The van der Waals surface area contributed by atoms with Crippen LogP contribution in [0.15, 0.2) is 114 Å². The Morgan fingerprint density at radius 2 is 1.39 bits per heavy atom. The molecule has 0 saturated heterocycles. The summed E-state index contributed by atoms with van der Waals surface area (Å²) in [5, 5.41) is 3.19. The molecule has 0 fully saturated rings. The molecule has 33 heavy (non-hydrogen) atoms. The Balaban J connectivity index is 1.37. The average molecular weight is 454 g/mol. The maximum Gasteiger partial charge on any atom is 0.252 e. The summed E-state index contributed by atoms with van der Waals surface area (Å²) in [5.74, 6) is 1.51. The van der Waals surface area contributed by atoms with Crippen molar-refractivity contribution in [3.05, 3.63) is 131 Å². The largest absolute Gasteiger partial charge is 0.493 e. The van der Waals surface area contributed by atoms with Crippen LogP contribution in [0.4, 0.5) is 0 Å². The van der Waals surface area contributed by atoms with Gasteiger partial charge in [0.1, 0.15) is 5.75 Å². The van der Waals surface area contributed by atoms with Crippen molar-refractivity contribution in [1.82, 2.24) is 5.32 Å². The van der Waals surface area contributed by atoms with Crippen molar-refractivity contribution in [2.45, 2.75) is 17.9 Å². The summed E-state index contributed by atoms with van der Waals surface area (Å²) in [7, 11) is 0. The molecule has 4 aromatic rings. The van der Waals surface area contributed by atoms with Gasteiger partial charge in [-0.1, -0.05) is 78.4 Å². The summed E-state index contributed by atoms with van der Waals surface area (Å²) >= 11 is 1.76. The van der Waals surface area contributed by atoms with Crippen LogP contribution in [0.1, 0.15) is 33.1 Å². The lowest BCUT2D eigenvalue weighted by Gasteiger charge is -2.20. The molecule has 166 valence electrons. The molecule has 0 aromatic heterocycles. The molecule has 0 radical (unpaired) electrons. The van der Waals surface area contributed by atoms with Crippen LogP contribution in [0, 0.1) is 6.92 Å². The first-order chi connectivity index (χ1) is 16.2. The third-order valence-corrected chi connectivity index (χ3v) is 6.28. The third kappa shape index (κ3) is 6.50. The number of carbonyl (C=O) groups is 1. The van der Waals surface area contributed by atoms with E-state index in [4.69, 9.17) is 4.74 Å². The minimum atomic E-state index is -0.217. The van der Waals surface area contributed by atoms with Gasteiger partial charge < -0.3 is 10.1 Å². The van der Waals surface area contributed by atoms with Gasteiger partial charge in [0, 0.05) is 16.2 Å². The molecular formula is C29H27NO2S.